The first kappa shape index (κ1) is 27.3. The molecule has 35 heavy (non-hydrogen) atoms. The number of aryl methyl sites for hydroxylation is 1. The number of alkyl halides is 3. The quantitative estimate of drug-likeness (QED) is 0.291. The fourth-order valence-corrected chi connectivity index (χ4v) is 4.94. The van der Waals surface area contributed by atoms with E-state index in [2.05, 4.69) is 0 Å². The Labute approximate surface area is 215 Å². The van der Waals surface area contributed by atoms with Crippen LogP contribution >= 0.6 is 34.5 Å². The summed E-state index contributed by atoms with van der Waals surface area (Å²) in [5.41, 5.74) is -1.09. The number of halogens is 5. The molecule has 0 fully saturated rings. The molecule has 0 N–H and O–H groups in total. The van der Waals surface area contributed by atoms with Crippen molar-refractivity contribution in [2.75, 3.05) is 7.11 Å². The van der Waals surface area contributed by atoms with E-state index in [1.807, 2.05) is 6.07 Å². The van der Waals surface area contributed by atoms with Crippen LogP contribution in [0.1, 0.15) is 42.4 Å². The first-order valence-corrected chi connectivity index (χ1v) is 12.1. The molecule has 0 radical (unpaired) electrons. The van der Waals surface area contributed by atoms with E-state index < -0.39 is 23.3 Å². The highest BCUT2D eigenvalue weighted by Crippen LogP contribution is 2.40. The zero-order valence-electron chi connectivity index (χ0n) is 19.0. The van der Waals surface area contributed by atoms with Crippen molar-refractivity contribution in [3.63, 3.8) is 0 Å². The van der Waals surface area contributed by atoms with Gasteiger partial charge in [-0.2, -0.15) is 13.2 Å². The predicted molar refractivity (Wildman–Crippen MR) is 129 cm³/mol. The second-order valence-corrected chi connectivity index (χ2v) is 10.2. The van der Waals surface area contributed by atoms with Gasteiger partial charge in [0.25, 0.3) is 0 Å². The molecule has 1 heterocycles. The molecule has 188 valence electrons. The van der Waals surface area contributed by atoms with Gasteiger partial charge >= 0.3 is 6.18 Å². The summed E-state index contributed by atoms with van der Waals surface area (Å²) in [5.74, 6) is -1.26. The van der Waals surface area contributed by atoms with Gasteiger partial charge in [0.1, 0.15) is 16.4 Å². The van der Waals surface area contributed by atoms with Gasteiger partial charge in [0.05, 0.1) is 22.7 Å². The molecule has 3 rings (SSSR count). The predicted octanol–water partition coefficient (Wildman–Crippen LogP) is 6.97. The minimum absolute atomic E-state index is 0.0930. The zero-order valence-corrected chi connectivity index (χ0v) is 21.4. The summed E-state index contributed by atoms with van der Waals surface area (Å²) in [4.78, 5) is 12.8. The number of hydrogen-bond acceptors (Lipinski definition) is 5. The van der Waals surface area contributed by atoms with Crippen LogP contribution in [0.15, 0.2) is 48.5 Å². The standard InChI is InChI=1S/C25H23Cl2F3O4S/c1-24(2,23(31)32)34-18-10-8-14(21(26)22(18)27)7-9-17(33-3)20-12-11-19(35-20)15-5-4-6-16(13-15)25(28,29)30/h4-6,8,10-13,17H,7,9H2,1-3H3,(H,31,32)/p-1. The Morgan fingerprint density at radius 2 is 1.80 bits per heavy atom. The van der Waals surface area contributed by atoms with Gasteiger partial charge in [0.2, 0.25) is 0 Å². The Balaban J connectivity index is 1.74. The molecule has 0 aliphatic heterocycles. The van der Waals surface area contributed by atoms with Crippen LogP contribution in [0.3, 0.4) is 0 Å². The molecule has 2 aromatic carbocycles. The Kier molecular flexibility index (Phi) is 8.42. The molecule has 10 heteroatoms. The fraction of sp³-hybridized carbons (Fsp3) is 0.320. The lowest BCUT2D eigenvalue weighted by molar-refractivity contribution is -0.320. The van der Waals surface area contributed by atoms with E-state index in [-0.39, 0.29) is 21.9 Å². The second-order valence-electron chi connectivity index (χ2n) is 8.29. The summed E-state index contributed by atoms with van der Waals surface area (Å²) in [6.45, 7) is 2.69. The number of carboxylic acids is 1. The number of methoxy groups -OCH3 is 1. The molecular formula is C25H22Cl2F3O4S-. The summed E-state index contributed by atoms with van der Waals surface area (Å²) >= 11 is 14.1. The lowest BCUT2D eigenvalue weighted by atomic mass is 10.0. The number of thiophene rings is 1. The van der Waals surface area contributed by atoms with E-state index in [0.717, 1.165) is 17.0 Å². The molecule has 0 saturated heterocycles. The van der Waals surface area contributed by atoms with Crippen molar-refractivity contribution < 1.29 is 32.5 Å². The van der Waals surface area contributed by atoms with Gasteiger partial charge in [0, 0.05) is 16.9 Å². The molecule has 4 nitrogen and oxygen atoms in total. The largest absolute Gasteiger partial charge is 0.546 e. The van der Waals surface area contributed by atoms with Crippen LogP contribution in [0.5, 0.6) is 5.75 Å². The monoisotopic (exact) mass is 545 g/mol. The Hall–Kier alpha value is -2.26. The van der Waals surface area contributed by atoms with Gasteiger partial charge in [-0.3, -0.25) is 0 Å². The van der Waals surface area contributed by atoms with Crippen molar-refractivity contribution in [3.8, 4) is 16.2 Å². The molecule has 0 aliphatic carbocycles. The lowest BCUT2D eigenvalue weighted by Gasteiger charge is -2.28. The van der Waals surface area contributed by atoms with Crippen molar-refractivity contribution in [1.29, 1.82) is 0 Å². The van der Waals surface area contributed by atoms with Gasteiger partial charge in [0.15, 0.2) is 0 Å². The topological polar surface area (TPSA) is 58.6 Å². The third-order valence-electron chi connectivity index (χ3n) is 5.36. The van der Waals surface area contributed by atoms with Crippen LogP contribution in [0.4, 0.5) is 13.2 Å². The van der Waals surface area contributed by atoms with Crippen molar-refractivity contribution in [1.82, 2.24) is 0 Å². The van der Waals surface area contributed by atoms with Gasteiger partial charge in [-0.05, 0) is 68.1 Å². The first-order valence-electron chi connectivity index (χ1n) is 10.5. The van der Waals surface area contributed by atoms with E-state index in [0.29, 0.717) is 28.8 Å². The summed E-state index contributed by atoms with van der Waals surface area (Å²) in [6, 6.07) is 12.1. The Morgan fingerprint density at radius 3 is 2.43 bits per heavy atom. The van der Waals surface area contributed by atoms with Crippen LogP contribution < -0.4 is 9.84 Å². The number of rotatable bonds is 9. The number of benzene rings is 2. The SMILES string of the molecule is COC(CCc1ccc(OC(C)(C)C(=O)[O-])c(Cl)c1Cl)c1ccc(-c2cccc(C(F)(F)F)c2)s1. The van der Waals surface area contributed by atoms with Gasteiger partial charge in [-0.1, -0.05) is 41.4 Å². The van der Waals surface area contributed by atoms with Crippen LogP contribution in [0, 0.1) is 0 Å². The Bertz CT molecular complexity index is 1210. The molecule has 0 saturated carbocycles. The third-order valence-corrected chi connectivity index (χ3v) is 7.49. The maximum atomic E-state index is 13.1. The molecule has 1 atom stereocenters. The average Bonchev–Trinajstić information content (AvgIpc) is 3.28. The van der Waals surface area contributed by atoms with E-state index in [9.17, 15) is 23.1 Å². The molecule has 0 spiro atoms. The molecule has 0 aliphatic rings. The normalized spacial score (nSPS) is 13.0. The molecule has 0 bridgehead atoms. The van der Waals surface area contributed by atoms with Crippen LogP contribution in [0.2, 0.25) is 10.0 Å². The molecule has 3 aromatic rings. The number of ether oxygens (including phenoxy) is 2. The fourth-order valence-electron chi connectivity index (χ4n) is 3.35. The summed E-state index contributed by atoms with van der Waals surface area (Å²) in [6.07, 6.45) is -3.72. The van der Waals surface area contributed by atoms with Crippen molar-refractivity contribution in [3.05, 3.63) is 74.6 Å². The maximum absolute atomic E-state index is 13.1. The molecular weight excluding hydrogens is 524 g/mol. The summed E-state index contributed by atoms with van der Waals surface area (Å²) < 4.78 is 50.3. The van der Waals surface area contributed by atoms with Gasteiger partial charge in [-0.25, -0.2) is 0 Å². The molecule has 1 unspecified atom stereocenters. The third kappa shape index (κ3) is 6.50. The number of aliphatic carboxylic acids is 1. The van der Waals surface area contributed by atoms with E-state index in [1.165, 1.54) is 31.3 Å². The number of carbonyl (C=O) groups excluding carboxylic acids is 1. The van der Waals surface area contributed by atoms with Crippen molar-refractivity contribution >= 4 is 40.5 Å². The number of carboxylic acid groups (broad SMARTS) is 1. The zero-order chi connectivity index (χ0) is 26.0. The van der Waals surface area contributed by atoms with E-state index in [1.54, 1.807) is 31.4 Å². The first-order chi connectivity index (χ1) is 16.3. The maximum Gasteiger partial charge on any atom is 0.416 e. The van der Waals surface area contributed by atoms with Gasteiger partial charge < -0.3 is 19.4 Å². The smallest absolute Gasteiger partial charge is 0.416 e. The summed E-state index contributed by atoms with van der Waals surface area (Å²) in [5, 5.41) is 11.5. The highest BCUT2D eigenvalue weighted by molar-refractivity contribution is 7.15. The Morgan fingerprint density at radius 1 is 1.09 bits per heavy atom. The van der Waals surface area contributed by atoms with E-state index >= 15 is 0 Å². The number of hydrogen-bond donors (Lipinski definition) is 0. The molecule has 1 aromatic heterocycles. The van der Waals surface area contributed by atoms with Crippen molar-refractivity contribution in [2.45, 2.75) is 44.6 Å². The molecule has 0 amide bonds. The number of carbonyl (C=O) groups is 1. The second kappa shape index (κ2) is 10.8. The minimum Gasteiger partial charge on any atom is -0.546 e. The van der Waals surface area contributed by atoms with E-state index in [4.69, 9.17) is 32.7 Å². The highest BCUT2D eigenvalue weighted by Gasteiger charge is 2.30. The minimum atomic E-state index is -4.41. The van der Waals surface area contributed by atoms with Crippen LogP contribution in [-0.4, -0.2) is 18.7 Å². The highest BCUT2D eigenvalue weighted by atomic mass is 35.5. The lowest BCUT2D eigenvalue weighted by Crippen LogP contribution is -2.48. The average molecular weight is 546 g/mol. The van der Waals surface area contributed by atoms with Crippen LogP contribution in [0.25, 0.3) is 10.4 Å². The van der Waals surface area contributed by atoms with Crippen LogP contribution in [-0.2, 0) is 22.1 Å². The summed E-state index contributed by atoms with van der Waals surface area (Å²) in [7, 11) is 1.56. The van der Waals surface area contributed by atoms with Crippen molar-refractivity contribution in [2.24, 2.45) is 0 Å². The van der Waals surface area contributed by atoms with Gasteiger partial charge in [-0.15, -0.1) is 11.3 Å².